The van der Waals surface area contributed by atoms with Gasteiger partial charge < -0.3 is 19.5 Å². The Balaban J connectivity index is 1.92. The maximum Gasteiger partial charge on any atom is 0.312 e. The molecule has 1 N–H and O–H groups in total. The van der Waals surface area contributed by atoms with Gasteiger partial charge in [-0.3, -0.25) is 9.59 Å². The van der Waals surface area contributed by atoms with Gasteiger partial charge in [0, 0.05) is 26.7 Å². The van der Waals surface area contributed by atoms with Crippen molar-refractivity contribution >= 4 is 11.8 Å². The Morgan fingerprint density at radius 2 is 2.26 bits per heavy atom. The van der Waals surface area contributed by atoms with E-state index < -0.39 is 11.8 Å². The van der Waals surface area contributed by atoms with Crippen molar-refractivity contribution in [2.75, 3.05) is 33.2 Å². The van der Waals surface area contributed by atoms with Crippen molar-refractivity contribution in [2.45, 2.75) is 13.0 Å². The minimum atomic E-state index is -0.488. The molecule has 0 unspecified atom stereocenters. The zero-order chi connectivity index (χ0) is 13.7. The molecule has 6 heteroatoms. The van der Waals surface area contributed by atoms with E-state index >= 15 is 0 Å². The Labute approximate surface area is 112 Å². The van der Waals surface area contributed by atoms with Gasteiger partial charge in [-0.25, -0.2) is 0 Å². The number of hydrogen-bond acceptors (Lipinski definition) is 4. The molecule has 0 aliphatic carbocycles. The van der Waals surface area contributed by atoms with Crippen LogP contribution >= 0.6 is 0 Å². The first-order valence-corrected chi connectivity index (χ1v) is 6.46. The van der Waals surface area contributed by atoms with Gasteiger partial charge in [0.2, 0.25) is 0 Å². The number of furan rings is 1. The molecule has 104 valence electrons. The van der Waals surface area contributed by atoms with Crippen molar-refractivity contribution in [3.63, 3.8) is 0 Å². The van der Waals surface area contributed by atoms with E-state index in [1.807, 2.05) is 0 Å². The van der Waals surface area contributed by atoms with E-state index in [9.17, 15) is 9.59 Å². The first-order valence-electron chi connectivity index (χ1n) is 6.46. The zero-order valence-electron chi connectivity index (χ0n) is 11.1. The average molecular weight is 265 g/mol. The minimum absolute atomic E-state index is 0.309. The number of hydrogen-bond donors (Lipinski definition) is 1. The predicted molar refractivity (Wildman–Crippen MR) is 69.2 cm³/mol. The fourth-order valence-electron chi connectivity index (χ4n) is 2.06. The van der Waals surface area contributed by atoms with Crippen LogP contribution in [0.5, 0.6) is 0 Å². The first kappa shape index (κ1) is 13.6. The maximum atomic E-state index is 12.1. The van der Waals surface area contributed by atoms with Crippen molar-refractivity contribution in [3.8, 4) is 0 Å². The summed E-state index contributed by atoms with van der Waals surface area (Å²) in [4.78, 5) is 27.2. The number of likely N-dealkylation sites (N-methyl/N-ethyl adjacent to an activating group) is 1. The Hall–Kier alpha value is -1.82. The van der Waals surface area contributed by atoms with Crippen LogP contribution in [0.2, 0.25) is 0 Å². The van der Waals surface area contributed by atoms with Gasteiger partial charge in [0.05, 0.1) is 12.8 Å². The molecule has 1 aliphatic rings. The Morgan fingerprint density at radius 1 is 1.42 bits per heavy atom. The van der Waals surface area contributed by atoms with Crippen molar-refractivity contribution in [2.24, 2.45) is 0 Å². The number of amides is 2. The molecule has 0 atom stereocenters. The monoisotopic (exact) mass is 265 g/mol. The lowest BCUT2D eigenvalue weighted by atomic mass is 10.3. The summed E-state index contributed by atoms with van der Waals surface area (Å²) in [5.74, 6) is -0.253. The van der Waals surface area contributed by atoms with E-state index in [2.05, 4.69) is 5.32 Å². The quantitative estimate of drug-likeness (QED) is 0.768. The maximum absolute atomic E-state index is 12.1. The fourth-order valence-corrected chi connectivity index (χ4v) is 2.06. The second kappa shape index (κ2) is 6.38. The lowest BCUT2D eigenvalue weighted by Gasteiger charge is -2.22. The normalized spacial score (nSPS) is 15.9. The van der Waals surface area contributed by atoms with Gasteiger partial charge in [0.25, 0.3) is 0 Å². The number of carbonyl (C=O) groups is 2. The van der Waals surface area contributed by atoms with Crippen molar-refractivity contribution in [3.05, 3.63) is 24.2 Å². The molecular formula is C13H19N3O3. The van der Waals surface area contributed by atoms with E-state index in [4.69, 9.17) is 4.42 Å². The van der Waals surface area contributed by atoms with Gasteiger partial charge in [-0.2, -0.15) is 0 Å². The summed E-state index contributed by atoms with van der Waals surface area (Å²) >= 11 is 0. The molecule has 6 nitrogen and oxygen atoms in total. The van der Waals surface area contributed by atoms with Gasteiger partial charge in [-0.1, -0.05) is 0 Å². The third-order valence-corrected chi connectivity index (χ3v) is 3.13. The smallest absolute Gasteiger partial charge is 0.312 e. The SMILES string of the molecule is CN(Cc1ccco1)C(=O)C(=O)N1CCCNCC1. The van der Waals surface area contributed by atoms with Crippen LogP contribution in [0.3, 0.4) is 0 Å². The topological polar surface area (TPSA) is 65.8 Å². The predicted octanol–water partition coefficient (Wildman–Crippen LogP) is 0.0599. The molecule has 0 spiro atoms. The van der Waals surface area contributed by atoms with Crippen molar-refractivity contribution in [1.29, 1.82) is 0 Å². The van der Waals surface area contributed by atoms with Gasteiger partial charge in [0.1, 0.15) is 5.76 Å². The molecule has 2 rings (SSSR count). The standard InChI is InChI=1S/C13H19N3O3/c1-15(10-11-4-2-9-19-11)12(17)13(18)16-7-3-5-14-6-8-16/h2,4,9,14H,3,5-8,10H2,1H3. The second-order valence-electron chi connectivity index (χ2n) is 4.64. The molecule has 0 saturated carbocycles. The highest BCUT2D eigenvalue weighted by Crippen LogP contribution is 2.05. The average Bonchev–Trinajstić information content (AvgIpc) is 2.77. The summed E-state index contributed by atoms with van der Waals surface area (Å²) in [6.45, 7) is 3.15. The molecule has 1 aromatic heterocycles. The lowest BCUT2D eigenvalue weighted by molar-refractivity contribution is -0.151. The summed E-state index contributed by atoms with van der Waals surface area (Å²) in [5.41, 5.74) is 0. The van der Waals surface area contributed by atoms with E-state index in [0.717, 1.165) is 19.5 Å². The summed E-state index contributed by atoms with van der Waals surface area (Å²) in [6, 6.07) is 3.54. The van der Waals surface area contributed by atoms with E-state index in [1.54, 1.807) is 30.3 Å². The fraction of sp³-hybridized carbons (Fsp3) is 0.538. The molecule has 1 aromatic rings. The van der Waals surface area contributed by atoms with Crippen LogP contribution in [0, 0.1) is 0 Å². The molecule has 1 saturated heterocycles. The minimum Gasteiger partial charge on any atom is -0.467 e. The van der Waals surface area contributed by atoms with Crippen molar-refractivity contribution < 1.29 is 14.0 Å². The third-order valence-electron chi connectivity index (χ3n) is 3.13. The molecule has 0 radical (unpaired) electrons. The molecule has 1 fully saturated rings. The van der Waals surface area contributed by atoms with Crippen LogP contribution in [-0.2, 0) is 16.1 Å². The van der Waals surface area contributed by atoms with Gasteiger partial charge in [-0.15, -0.1) is 0 Å². The first-order chi connectivity index (χ1) is 9.18. The second-order valence-corrected chi connectivity index (χ2v) is 4.64. The van der Waals surface area contributed by atoms with E-state index in [-0.39, 0.29) is 0 Å². The van der Waals surface area contributed by atoms with E-state index in [0.29, 0.717) is 25.4 Å². The van der Waals surface area contributed by atoms with Gasteiger partial charge in [0.15, 0.2) is 0 Å². The van der Waals surface area contributed by atoms with Gasteiger partial charge >= 0.3 is 11.8 Å². The number of rotatable bonds is 2. The van der Waals surface area contributed by atoms with Crippen LogP contribution in [0.25, 0.3) is 0 Å². The Kier molecular flexibility index (Phi) is 4.57. The Bertz CT molecular complexity index is 422. The van der Waals surface area contributed by atoms with E-state index in [1.165, 1.54) is 4.90 Å². The highest BCUT2D eigenvalue weighted by molar-refractivity contribution is 6.34. The summed E-state index contributed by atoms with van der Waals surface area (Å²) in [6.07, 6.45) is 2.43. The molecular weight excluding hydrogens is 246 g/mol. The Morgan fingerprint density at radius 3 is 3.00 bits per heavy atom. The third kappa shape index (κ3) is 3.57. The number of carbonyl (C=O) groups excluding carboxylic acids is 2. The molecule has 0 bridgehead atoms. The zero-order valence-corrected chi connectivity index (χ0v) is 11.1. The van der Waals surface area contributed by atoms with Crippen molar-refractivity contribution in [1.82, 2.24) is 15.1 Å². The highest BCUT2D eigenvalue weighted by Gasteiger charge is 2.25. The molecule has 1 aliphatic heterocycles. The van der Waals surface area contributed by atoms with Crippen LogP contribution in [0.15, 0.2) is 22.8 Å². The number of nitrogens with one attached hydrogen (secondary N) is 1. The lowest BCUT2D eigenvalue weighted by Crippen LogP contribution is -2.44. The van der Waals surface area contributed by atoms with Crippen LogP contribution in [0.1, 0.15) is 12.2 Å². The largest absolute Gasteiger partial charge is 0.467 e. The highest BCUT2D eigenvalue weighted by atomic mass is 16.3. The van der Waals surface area contributed by atoms with Gasteiger partial charge in [-0.05, 0) is 25.1 Å². The van der Waals surface area contributed by atoms with Crippen LogP contribution in [0.4, 0.5) is 0 Å². The molecule has 2 heterocycles. The number of nitrogens with zero attached hydrogens (tertiary/aromatic N) is 2. The molecule has 19 heavy (non-hydrogen) atoms. The molecule has 2 amide bonds. The molecule has 0 aromatic carbocycles. The summed E-state index contributed by atoms with van der Waals surface area (Å²) < 4.78 is 5.17. The summed E-state index contributed by atoms with van der Waals surface area (Å²) in [5, 5.41) is 3.20. The van der Waals surface area contributed by atoms with Crippen LogP contribution < -0.4 is 5.32 Å². The summed E-state index contributed by atoms with van der Waals surface area (Å²) in [7, 11) is 1.61. The van der Waals surface area contributed by atoms with Crippen LogP contribution in [-0.4, -0.2) is 54.8 Å².